The molecule has 0 fully saturated rings. The van der Waals surface area contributed by atoms with Crippen LogP contribution < -0.4 is 11.1 Å². The summed E-state index contributed by atoms with van der Waals surface area (Å²) in [6, 6.07) is 0. The molecule has 0 spiro atoms. The third-order valence-corrected chi connectivity index (χ3v) is 1.16. The first kappa shape index (κ1) is 5.51. The molecule has 0 saturated heterocycles. The van der Waals surface area contributed by atoms with Crippen LogP contribution in [0.5, 0.6) is 0 Å². The number of nitrogens with two attached hydrogens (primary N) is 1. The molecule has 0 amide bonds. The van der Waals surface area contributed by atoms with Crippen LogP contribution in [0.15, 0.2) is 24.0 Å². The third-order valence-electron chi connectivity index (χ3n) is 0.836. The highest BCUT2D eigenvalue weighted by atomic mass is 35.5. The fourth-order valence-electron chi connectivity index (χ4n) is 0.430. The van der Waals surface area contributed by atoms with Crippen LogP contribution in [-0.4, -0.2) is 0 Å². The van der Waals surface area contributed by atoms with Crippen molar-refractivity contribution in [2.45, 2.75) is 0 Å². The Kier molecular flexibility index (Phi) is 1.44. The monoisotopic (exact) mass is 129 g/mol. The molecule has 0 aliphatic carbocycles. The molecule has 0 bridgehead atoms. The Balaban J connectivity index is 2.66. The van der Waals surface area contributed by atoms with Crippen molar-refractivity contribution in [1.29, 1.82) is 0 Å². The van der Waals surface area contributed by atoms with Crippen LogP contribution in [0.3, 0.4) is 0 Å². The lowest BCUT2D eigenvalue weighted by Crippen LogP contribution is -2.18. The molecule has 2 nitrogen and oxygen atoms in total. The second-order valence-corrected chi connectivity index (χ2v) is 1.82. The summed E-state index contributed by atoms with van der Waals surface area (Å²) in [5.41, 5.74) is 6.43. The summed E-state index contributed by atoms with van der Waals surface area (Å²) in [4.78, 5) is 0. The van der Waals surface area contributed by atoms with Crippen LogP contribution in [0.25, 0.3) is 0 Å². The number of hydrogen-bond acceptors (Lipinski definition) is 2. The first-order valence-electron chi connectivity index (χ1n) is 2.22. The van der Waals surface area contributed by atoms with Crippen LogP contribution in [0.4, 0.5) is 0 Å². The molecule has 0 aromatic rings. The van der Waals surface area contributed by atoms with E-state index in [4.69, 9.17) is 17.3 Å². The summed E-state index contributed by atoms with van der Waals surface area (Å²) in [5.74, 6) is 0. The highest BCUT2D eigenvalue weighted by Gasteiger charge is 2.06. The number of rotatable bonds is 0. The minimum Gasteiger partial charge on any atom is -0.399 e. The minimum atomic E-state index is 0.493. The normalized spacial score (nSPS) is 19.9. The van der Waals surface area contributed by atoms with Gasteiger partial charge in [0, 0.05) is 0 Å². The number of halogens is 1. The SMILES string of the molecule is NC1=CC=CN[C]1Cl. The van der Waals surface area contributed by atoms with E-state index in [9.17, 15) is 0 Å². The second kappa shape index (κ2) is 2.09. The summed E-state index contributed by atoms with van der Waals surface area (Å²) in [6.45, 7) is 0. The van der Waals surface area contributed by atoms with Crippen molar-refractivity contribution in [3.05, 3.63) is 29.6 Å². The molecule has 0 aromatic heterocycles. The van der Waals surface area contributed by atoms with Gasteiger partial charge in [-0.3, -0.25) is 0 Å². The molecule has 1 radical (unpaired) electrons. The molecule has 0 atom stereocenters. The smallest absolute Gasteiger partial charge is 0.195 e. The zero-order valence-electron chi connectivity index (χ0n) is 4.19. The van der Waals surface area contributed by atoms with Gasteiger partial charge in [0.1, 0.15) is 0 Å². The highest BCUT2D eigenvalue weighted by Crippen LogP contribution is 2.11. The fraction of sp³-hybridized carbons (Fsp3) is 0. The van der Waals surface area contributed by atoms with Crippen LogP contribution in [0.1, 0.15) is 0 Å². The summed E-state index contributed by atoms with van der Waals surface area (Å²) in [5, 5.41) is 2.74. The highest BCUT2D eigenvalue weighted by molar-refractivity contribution is 6.28. The first-order valence-corrected chi connectivity index (χ1v) is 2.60. The van der Waals surface area contributed by atoms with Crippen molar-refractivity contribution in [3.63, 3.8) is 0 Å². The summed E-state index contributed by atoms with van der Waals surface area (Å²) >= 11 is 5.53. The molecule has 3 N–H and O–H groups in total. The molecule has 0 saturated carbocycles. The minimum absolute atomic E-state index is 0.493. The zero-order valence-corrected chi connectivity index (χ0v) is 4.94. The average Bonchev–Trinajstić information content (AvgIpc) is 1.77. The van der Waals surface area contributed by atoms with Crippen molar-refractivity contribution < 1.29 is 0 Å². The van der Waals surface area contributed by atoms with Gasteiger partial charge in [-0.25, -0.2) is 0 Å². The van der Waals surface area contributed by atoms with Gasteiger partial charge >= 0.3 is 0 Å². The lowest BCUT2D eigenvalue weighted by Gasteiger charge is -2.10. The van der Waals surface area contributed by atoms with Crippen molar-refractivity contribution in [1.82, 2.24) is 5.32 Å². The Labute approximate surface area is 53.0 Å². The molecule has 43 valence electrons. The van der Waals surface area contributed by atoms with Crippen molar-refractivity contribution >= 4 is 11.6 Å². The van der Waals surface area contributed by atoms with Crippen LogP contribution >= 0.6 is 11.6 Å². The number of hydrogen-bond donors (Lipinski definition) is 2. The summed E-state index contributed by atoms with van der Waals surface area (Å²) in [7, 11) is 0. The van der Waals surface area contributed by atoms with Gasteiger partial charge in [-0.15, -0.1) is 0 Å². The van der Waals surface area contributed by atoms with Crippen molar-refractivity contribution in [2.75, 3.05) is 0 Å². The number of nitrogens with one attached hydrogen (secondary N) is 1. The van der Waals surface area contributed by atoms with Gasteiger partial charge in [-0.2, -0.15) is 0 Å². The lowest BCUT2D eigenvalue weighted by molar-refractivity contribution is 0.982. The molecule has 1 aliphatic rings. The lowest BCUT2D eigenvalue weighted by atomic mass is 10.3. The molecule has 0 aromatic carbocycles. The molecular formula is C5H6ClN2. The third kappa shape index (κ3) is 0.954. The van der Waals surface area contributed by atoms with E-state index in [2.05, 4.69) is 5.32 Å². The molecule has 1 heterocycles. The Morgan fingerprint density at radius 2 is 2.38 bits per heavy atom. The van der Waals surface area contributed by atoms with Gasteiger partial charge in [0.05, 0.1) is 5.70 Å². The molecule has 0 unspecified atom stereocenters. The predicted molar refractivity (Wildman–Crippen MR) is 33.6 cm³/mol. The maximum absolute atomic E-state index is 5.53. The molecule has 1 rings (SSSR count). The Hall–Kier alpha value is -0.630. The quantitative estimate of drug-likeness (QED) is 0.472. The van der Waals surface area contributed by atoms with Gasteiger partial charge in [-0.05, 0) is 18.4 Å². The standard InChI is InChI=1S/C5H6ClN2/c6-5-4(7)2-1-3-8-5/h1-3,8H,7H2. The summed E-state index contributed by atoms with van der Waals surface area (Å²) in [6.07, 6.45) is 5.25. The molecule has 1 aliphatic heterocycles. The van der Waals surface area contributed by atoms with Gasteiger partial charge < -0.3 is 11.1 Å². The van der Waals surface area contributed by atoms with Crippen molar-refractivity contribution in [2.24, 2.45) is 5.73 Å². The summed E-state index contributed by atoms with van der Waals surface area (Å²) < 4.78 is 0. The zero-order chi connectivity index (χ0) is 5.98. The molecule has 8 heavy (non-hydrogen) atoms. The maximum Gasteiger partial charge on any atom is 0.195 e. The first-order chi connectivity index (χ1) is 3.80. The van der Waals surface area contributed by atoms with Gasteiger partial charge in [0.15, 0.2) is 5.50 Å². The van der Waals surface area contributed by atoms with Crippen LogP contribution in [0, 0.1) is 5.50 Å². The number of allylic oxidation sites excluding steroid dienone is 2. The fourth-order valence-corrected chi connectivity index (χ4v) is 0.556. The molecular weight excluding hydrogens is 124 g/mol. The van der Waals surface area contributed by atoms with E-state index in [1.807, 2.05) is 0 Å². The topological polar surface area (TPSA) is 38.0 Å². The van der Waals surface area contributed by atoms with Gasteiger partial charge in [0.25, 0.3) is 0 Å². The van der Waals surface area contributed by atoms with Gasteiger partial charge in [-0.1, -0.05) is 11.6 Å². The Bertz CT molecular complexity index is 139. The average molecular weight is 130 g/mol. The van der Waals surface area contributed by atoms with Crippen LogP contribution in [0.2, 0.25) is 0 Å². The maximum atomic E-state index is 5.53. The van der Waals surface area contributed by atoms with E-state index in [1.54, 1.807) is 18.4 Å². The Morgan fingerprint density at radius 3 is 2.75 bits per heavy atom. The van der Waals surface area contributed by atoms with Crippen LogP contribution in [-0.2, 0) is 0 Å². The van der Waals surface area contributed by atoms with E-state index in [1.165, 1.54) is 0 Å². The van der Waals surface area contributed by atoms with E-state index in [-0.39, 0.29) is 0 Å². The Morgan fingerprint density at radius 1 is 1.62 bits per heavy atom. The van der Waals surface area contributed by atoms with Crippen molar-refractivity contribution in [3.8, 4) is 0 Å². The van der Waals surface area contributed by atoms with Gasteiger partial charge in [0.2, 0.25) is 0 Å². The number of dihydropyridines is 1. The second-order valence-electron chi connectivity index (χ2n) is 1.44. The predicted octanol–water partition coefficient (Wildman–Crippen LogP) is 0.674. The van der Waals surface area contributed by atoms with E-state index in [0.29, 0.717) is 11.2 Å². The van der Waals surface area contributed by atoms with E-state index >= 15 is 0 Å². The molecule has 3 heteroatoms. The van der Waals surface area contributed by atoms with E-state index in [0.717, 1.165) is 0 Å². The largest absolute Gasteiger partial charge is 0.399 e. The van der Waals surface area contributed by atoms with E-state index < -0.39 is 0 Å².